The highest BCUT2D eigenvalue weighted by atomic mass is 19.4. The summed E-state index contributed by atoms with van der Waals surface area (Å²) in [6.45, 7) is 6.97. The van der Waals surface area contributed by atoms with Crippen LogP contribution in [-0.4, -0.2) is 4.98 Å². The molecule has 0 bridgehead atoms. The predicted octanol–water partition coefficient (Wildman–Crippen LogP) is 8.89. The quantitative estimate of drug-likeness (QED) is 0.396. The largest absolute Gasteiger partial charge is 0.489 e. The number of hydrogen-bond donors (Lipinski definition) is 1. The molecule has 0 aliphatic heterocycles. The van der Waals surface area contributed by atoms with Crippen LogP contribution in [-0.2, 0) is 19.2 Å². The van der Waals surface area contributed by atoms with Gasteiger partial charge in [-0.3, -0.25) is 0 Å². The summed E-state index contributed by atoms with van der Waals surface area (Å²) in [7, 11) is 0. The van der Waals surface area contributed by atoms with E-state index in [1.807, 2.05) is 18.2 Å². The number of fused-ring (bicyclic) bond motifs is 3. The zero-order valence-electron chi connectivity index (χ0n) is 20.3. The molecule has 5 rings (SSSR count). The van der Waals surface area contributed by atoms with E-state index in [0.717, 1.165) is 50.5 Å². The molecule has 182 valence electrons. The average Bonchev–Trinajstić information content (AvgIpc) is 3.49. The molecule has 0 unspecified atom stereocenters. The van der Waals surface area contributed by atoms with Crippen molar-refractivity contribution in [2.24, 2.45) is 5.41 Å². The van der Waals surface area contributed by atoms with Crippen LogP contribution in [0.5, 0.6) is 5.75 Å². The van der Waals surface area contributed by atoms with Crippen molar-refractivity contribution in [2.75, 3.05) is 0 Å². The van der Waals surface area contributed by atoms with Crippen molar-refractivity contribution in [1.82, 2.24) is 4.98 Å². The average molecular weight is 470 g/mol. The van der Waals surface area contributed by atoms with Crippen LogP contribution in [0, 0.1) is 5.41 Å². The summed E-state index contributed by atoms with van der Waals surface area (Å²) in [6, 6.07) is 10.7. The lowest BCUT2D eigenvalue weighted by Crippen LogP contribution is -2.12. The number of aromatic nitrogens is 1. The lowest BCUT2D eigenvalue weighted by Gasteiger charge is -2.22. The van der Waals surface area contributed by atoms with Crippen molar-refractivity contribution >= 4 is 10.9 Å². The fourth-order valence-corrected chi connectivity index (χ4v) is 6.06. The van der Waals surface area contributed by atoms with Gasteiger partial charge in [0.05, 0.1) is 5.56 Å². The Bertz CT molecular complexity index is 1180. The van der Waals surface area contributed by atoms with E-state index < -0.39 is 11.7 Å². The number of aryl methyl sites for hydroxylation is 1. The van der Waals surface area contributed by atoms with Crippen molar-refractivity contribution in [3.63, 3.8) is 0 Å². The number of H-pyrrole nitrogens is 1. The zero-order valence-corrected chi connectivity index (χ0v) is 20.3. The lowest BCUT2D eigenvalue weighted by atomic mass is 9.83. The van der Waals surface area contributed by atoms with Crippen molar-refractivity contribution in [2.45, 2.75) is 90.3 Å². The van der Waals surface area contributed by atoms with Crippen LogP contribution in [0.15, 0.2) is 36.4 Å². The molecule has 1 fully saturated rings. The summed E-state index contributed by atoms with van der Waals surface area (Å²) >= 11 is 0. The standard InChI is InChI=1S/C29H34F3NO/c1-28(2,3)16-20-9-12-23-24-15-21(10-13-26(24)33-27(20)23)34-17-18-8-11-22(19-6-4-5-7-19)25(14-18)29(30,31)32/h8,10-11,13-15,19-20,33H,4-7,9,12,16-17H2,1-3H3/t20-/m1/s1. The van der Waals surface area contributed by atoms with Gasteiger partial charge >= 0.3 is 6.18 Å². The van der Waals surface area contributed by atoms with Crippen LogP contribution in [0.2, 0.25) is 0 Å². The van der Waals surface area contributed by atoms with Crippen LogP contribution in [0.3, 0.4) is 0 Å². The van der Waals surface area contributed by atoms with E-state index in [4.69, 9.17) is 4.74 Å². The second kappa shape index (κ2) is 8.66. The molecule has 5 heteroatoms. The summed E-state index contributed by atoms with van der Waals surface area (Å²) < 4.78 is 47.4. The van der Waals surface area contributed by atoms with Gasteiger partial charge in [0.1, 0.15) is 12.4 Å². The number of benzene rings is 2. The van der Waals surface area contributed by atoms with Gasteiger partial charge in [-0.1, -0.05) is 45.7 Å². The van der Waals surface area contributed by atoms with Gasteiger partial charge in [0, 0.05) is 22.5 Å². The summed E-state index contributed by atoms with van der Waals surface area (Å²) in [5.41, 5.74) is 4.61. The highest BCUT2D eigenvalue weighted by molar-refractivity contribution is 5.87. The minimum absolute atomic E-state index is 0.0202. The number of halogens is 3. The van der Waals surface area contributed by atoms with Gasteiger partial charge in [-0.25, -0.2) is 0 Å². The number of hydrogen-bond acceptors (Lipinski definition) is 1. The molecule has 2 aromatic carbocycles. The van der Waals surface area contributed by atoms with E-state index in [2.05, 4.69) is 25.8 Å². The molecule has 0 spiro atoms. The van der Waals surface area contributed by atoms with E-state index in [1.54, 1.807) is 12.1 Å². The van der Waals surface area contributed by atoms with Gasteiger partial charge in [0.25, 0.3) is 0 Å². The molecule has 34 heavy (non-hydrogen) atoms. The third kappa shape index (κ3) is 4.71. The Balaban J connectivity index is 1.35. The molecule has 3 aromatic rings. The lowest BCUT2D eigenvalue weighted by molar-refractivity contribution is -0.138. The van der Waals surface area contributed by atoms with Gasteiger partial charge < -0.3 is 9.72 Å². The maximum Gasteiger partial charge on any atom is 0.416 e. The molecule has 0 radical (unpaired) electrons. The van der Waals surface area contributed by atoms with Crippen molar-refractivity contribution in [3.05, 3.63) is 64.3 Å². The van der Waals surface area contributed by atoms with Gasteiger partial charge in [-0.2, -0.15) is 13.2 Å². The molecule has 1 heterocycles. The first-order valence-corrected chi connectivity index (χ1v) is 12.6. The number of aromatic amines is 1. The first kappa shape index (κ1) is 23.3. The molecule has 1 atom stereocenters. The van der Waals surface area contributed by atoms with E-state index in [-0.39, 0.29) is 17.9 Å². The van der Waals surface area contributed by atoms with Crippen molar-refractivity contribution in [1.29, 1.82) is 0 Å². The molecular formula is C29H34F3NO. The highest BCUT2D eigenvalue weighted by Gasteiger charge is 2.36. The van der Waals surface area contributed by atoms with Crippen LogP contribution < -0.4 is 4.74 Å². The van der Waals surface area contributed by atoms with Crippen LogP contribution in [0.1, 0.15) is 99.1 Å². The minimum atomic E-state index is -4.35. The molecule has 2 aliphatic carbocycles. The normalized spacial score (nSPS) is 19.2. The molecule has 1 aromatic heterocycles. The summed E-state index contributed by atoms with van der Waals surface area (Å²) in [5, 5.41) is 1.18. The Kier molecular flexibility index (Phi) is 5.94. The predicted molar refractivity (Wildman–Crippen MR) is 130 cm³/mol. The third-order valence-corrected chi connectivity index (χ3v) is 7.54. The van der Waals surface area contributed by atoms with Gasteiger partial charge in [0.2, 0.25) is 0 Å². The molecule has 1 saturated carbocycles. The summed E-state index contributed by atoms with van der Waals surface area (Å²) in [5.74, 6) is 1.26. The number of alkyl halides is 3. The smallest absolute Gasteiger partial charge is 0.416 e. The van der Waals surface area contributed by atoms with Crippen molar-refractivity contribution < 1.29 is 17.9 Å². The number of rotatable bonds is 5. The van der Waals surface area contributed by atoms with E-state index >= 15 is 0 Å². The van der Waals surface area contributed by atoms with Gasteiger partial charge in [-0.15, -0.1) is 0 Å². The summed E-state index contributed by atoms with van der Waals surface area (Å²) in [6.07, 6.45) is 2.72. The van der Waals surface area contributed by atoms with Crippen LogP contribution in [0.4, 0.5) is 13.2 Å². The molecule has 2 aliphatic rings. The second-order valence-corrected chi connectivity index (χ2v) is 11.4. The van der Waals surface area contributed by atoms with Gasteiger partial charge in [0.15, 0.2) is 0 Å². The first-order chi connectivity index (χ1) is 16.1. The second-order valence-electron chi connectivity index (χ2n) is 11.4. The first-order valence-electron chi connectivity index (χ1n) is 12.6. The zero-order chi connectivity index (χ0) is 24.1. The van der Waals surface area contributed by atoms with E-state index in [9.17, 15) is 13.2 Å². The Labute approximate surface area is 199 Å². The van der Waals surface area contributed by atoms with Crippen LogP contribution in [0.25, 0.3) is 10.9 Å². The Hall–Kier alpha value is -2.43. The number of ether oxygens (including phenoxy) is 1. The Morgan fingerprint density at radius 3 is 2.44 bits per heavy atom. The van der Waals surface area contributed by atoms with Crippen molar-refractivity contribution in [3.8, 4) is 5.75 Å². The molecule has 0 amide bonds. The fraction of sp³-hybridized carbons (Fsp3) is 0.517. The van der Waals surface area contributed by atoms with E-state index in [1.165, 1.54) is 22.7 Å². The Morgan fingerprint density at radius 2 is 1.74 bits per heavy atom. The summed E-state index contributed by atoms with van der Waals surface area (Å²) in [4.78, 5) is 3.63. The molecule has 2 nitrogen and oxygen atoms in total. The fourth-order valence-electron chi connectivity index (χ4n) is 6.06. The molecule has 1 N–H and O–H groups in total. The maximum absolute atomic E-state index is 13.8. The van der Waals surface area contributed by atoms with E-state index in [0.29, 0.717) is 22.8 Å². The molecular weight excluding hydrogens is 435 g/mol. The topological polar surface area (TPSA) is 25.0 Å². The third-order valence-electron chi connectivity index (χ3n) is 7.54. The van der Waals surface area contributed by atoms with Crippen LogP contribution >= 0.6 is 0 Å². The Morgan fingerprint density at radius 1 is 0.971 bits per heavy atom. The SMILES string of the molecule is CC(C)(C)C[C@H]1CCc2c1[nH]c1ccc(OCc3ccc(C4CCCC4)c(C(F)(F)F)c3)cc21. The molecule has 0 saturated heterocycles. The monoisotopic (exact) mass is 469 g/mol. The number of nitrogens with one attached hydrogen (secondary N) is 1. The minimum Gasteiger partial charge on any atom is -0.489 e. The highest BCUT2D eigenvalue weighted by Crippen LogP contribution is 2.44. The maximum atomic E-state index is 13.8. The van der Waals surface area contributed by atoms with Gasteiger partial charge in [-0.05, 0) is 84.4 Å².